The highest BCUT2D eigenvalue weighted by Gasteiger charge is 2.29. The Morgan fingerprint density at radius 3 is 2.37 bits per heavy atom. The number of nitrogens with one attached hydrogen (secondary N) is 2. The number of carboxylic acids is 1. The third-order valence-corrected chi connectivity index (χ3v) is 4.02. The van der Waals surface area contributed by atoms with E-state index in [9.17, 15) is 23.6 Å². The summed E-state index contributed by atoms with van der Waals surface area (Å²) in [6.07, 6.45) is -0.418. The smallest absolute Gasteiger partial charge is 0.408 e. The van der Waals surface area contributed by atoms with Gasteiger partial charge in [-0.1, -0.05) is 30.3 Å². The average Bonchev–Trinajstić information content (AvgIpc) is 3.24. The molecule has 2 rings (SSSR count). The van der Waals surface area contributed by atoms with Gasteiger partial charge in [0.2, 0.25) is 5.91 Å². The second kappa shape index (κ2) is 11.3. The van der Waals surface area contributed by atoms with Crippen molar-refractivity contribution in [2.75, 3.05) is 6.67 Å². The number of furan rings is 1. The predicted molar refractivity (Wildman–Crippen MR) is 101 cm³/mol. The van der Waals surface area contributed by atoms with Crippen LogP contribution in [0.2, 0.25) is 0 Å². The number of carboxylic acid groups (broad SMARTS) is 1. The maximum Gasteiger partial charge on any atom is 0.408 e. The van der Waals surface area contributed by atoms with Gasteiger partial charge in [-0.15, -0.1) is 0 Å². The number of halogens is 1. The van der Waals surface area contributed by atoms with Crippen molar-refractivity contribution in [2.45, 2.75) is 31.5 Å². The van der Waals surface area contributed by atoms with Crippen LogP contribution in [-0.2, 0) is 32.1 Å². The molecule has 0 aliphatic carbocycles. The van der Waals surface area contributed by atoms with Crippen molar-refractivity contribution in [2.24, 2.45) is 0 Å². The summed E-state index contributed by atoms with van der Waals surface area (Å²) in [5, 5.41) is 13.4. The molecule has 10 heteroatoms. The van der Waals surface area contributed by atoms with Gasteiger partial charge in [0, 0.05) is 6.42 Å². The van der Waals surface area contributed by atoms with E-state index in [2.05, 4.69) is 10.6 Å². The molecule has 0 fully saturated rings. The van der Waals surface area contributed by atoms with Crippen molar-refractivity contribution in [3.63, 3.8) is 0 Å². The van der Waals surface area contributed by atoms with Gasteiger partial charge < -0.3 is 24.9 Å². The summed E-state index contributed by atoms with van der Waals surface area (Å²) in [5.74, 6) is -3.00. The first-order valence-electron chi connectivity index (χ1n) is 8.99. The molecule has 0 aliphatic rings. The molecule has 2 amide bonds. The van der Waals surface area contributed by atoms with Crippen molar-refractivity contribution in [1.82, 2.24) is 10.6 Å². The number of carbonyl (C=O) groups excluding carboxylic acids is 3. The SMILES string of the molecule is O=C(O)CC(NC(=O)C(Cc1ccco1)NC(=O)OCc1ccccc1)C(=O)CF. The Morgan fingerprint density at radius 2 is 1.77 bits per heavy atom. The van der Waals surface area contributed by atoms with E-state index in [0.29, 0.717) is 5.76 Å². The number of hydrogen-bond donors (Lipinski definition) is 3. The third kappa shape index (κ3) is 7.38. The molecule has 9 nitrogen and oxygen atoms in total. The summed E-state index contributed by atoms with van der Waals surface area (Å²) in [4.78, 5) is 47.3. The first kappa shape index (κ1) is 22.6. The monoisotopic (exact) mass is 420 g/mol. The summed E-state index contributed by atoms with van der Waals surface area (Å²) in [6, 6.07) is 9.18. The van der Waals surface area contributed by atoms with Gasteiger partial charge in [-0.25, -0.2) is 9.18 Å². The van der Waals surface area contributed by atoms with E-state index < -0.39 is 48.9 Å². The Bertz CT molecular complexity index is 855. The lowest BCUT2D eigenvalue weighted by Crippen LogP contribution is -2.53. The number of hydrogen-bond acceptors (Lipinski definition) is 6. The van der Waals surface area contributed by atoms with Crippen LogP contribution < -0.4 is 10.6 Å². The van der Waals surface area contributed by atoms with Gasteiger partial charge in [0.25, 0.3) is 0 Å². The number of alkyl halides is 1. The van der Waals surface area contributed by atoms with Gasteiger partial charge in [-0.3, -0.25) is 14.4 Å². The highest BCUT2D eigenvalue weighted by atomic mass is 19.1. The van der Waals surface area contributed by atoms with E-state index in [1.165, 1.54) is 6.26 Å². The quantitative estimate of drug-likeness (QED) is 0.503. The molecule has 0 bridgehead atoms. The molecular weight excluding hydrogens is 399 g/mol. The Kier molecular flexibility index (Phi) is 8.55. The molecule has 160 valence electrons. The zero-order valence-electron chi connectivity index (χ0n) is 15.9. The lowest BCUT2D eigenvalue weighted by molar-refractivity contribution is -0.140. The molecule has 0 radical (unpaired) electrons. The summed E-state index contributed by atoms with van der Waals surface area (Å²) in [6.45, 7) is -1.47. The van der Waals surface area contributed by atoms with Crippen molar-refractivity contribution >= 4 is 23.8 Å². The van der Waals surface area contributed by atoms with Gasteiger partial charge >= 0.3 is 12.1 Å². The van der Waals surface area contributed by atoms with Gasteiger partial charge in [-0.2, -0.15) is 0 Å². The standard InChI is InChI=1S/C20H21FN2O7/c21-11-17(24)15(10-18(25)26)22-19(27)16(9-14-7-4-8-29-14)23-20(28)30-12-13-5-2-1-3-6-13/h1-8,15-16H,9-12H2,(H,22,27)(H,23,28)(H,25,26). The van der Waals surface area contributed by atoms with Gasteiger partial charge in [0.1, 0.15) is 31.1 Å². The number of ketones is 1. The maximum absolute atomic E-state index is 12.7. The van der Waals surface area contributed by atoms with Crippen LogP contribution in [0.3, 0.4) is 0 Å². The molecule has 0 saturated heterocycles. The molecule has 2 unspecified atom stereocenters. The fourth-order valence-electron chi connectivity index (χ4n) is 2.53. The number of benzene rings is 1. The molecule has 0 aliphatic heterocycles. The summed E-state index contributed by atoms with van der Waals surface area (Å²) < 4.78 is 23.0. The zero-order chi connectivity index (χ0) is 21.9. The molecule has 3 N–H and O–H groups in total. The van der Waals surface area contributed by atoms with Crippen LogP contribution in [-0.4, -0.2) is 47.6 Å². The molecule has 1 heterocycles. The largest absolute Gasteiger partial charge is 0.481 e. The molecule has 2 atom stereocenters. The zero-order valence-corrected chi connectivity index (χ0v) is 15.9. The number of Topliss-reactive ketones (excluding diaryl/α,β-unsaturated/α-hetero) is 1. The number of aliphatic carboxylic acids is 1. The second-order valence-corrected chi connectivity index (χ2v) is 6.30. The highest BCUT2D eigenvalue weighted by Crippen LogP contribution is 2.07. The molecule has 0 spiro atoms. The minimum absolute atomic E-state index is 0.0380. The number of rotatable bonds is 11. The first-order valence-corrected chi connectivity index (χ1v) is 8.99. The lowest BCUT2D eigenvalue weighted by atomic mass is 10.1. The van der Waals surface area contributed by atoms with E-state index in [1.807, 2.05) is 0 Å². The van der Waals surface area contributed by atoms with Crippen LogP contribution in [0.4, 0.5) is 9.18 Å². The van der Waals surface area contributed by atoms with E-state index in [4.69, 9.17) is 14.3 Å². The fourth-order valence-corrected chi connectivity index (χ4v) is 2.53. The van der Waals surface area contributed by atoms with Crippen molar-refractivity contribution in [3.05, 3.63) is 60.1 Å². The number of amides is 2. The van der Waals surface area contributed by atoms with Crippen LogP contribution in [0.25, 0.3) is 0 Å². The second-order valence-electron chi connectivity index (χ2n) is 6.30. The maximum atomic E-state index is 12.7. The van der Waals surface area contributed by atoms with Crippen LogP contribution in [0, 0.1) is 0 Å². The van der Waals surface area contributed by atoms with E-state index in [1.54, 1.807) is 42.5 Å². The number of alkyl carbamates (subject to hydrolysis) is 1. The Hall–Kier alpha value is -3.69. The minimum atomic E-state index is -1.57. The summed E-state index contributed by atoms with van der Waals surface area (Å²) >= 11 is 0. The summed E-state index contributed by atoms with van der Waals surface area (Å²) in [7, 11) is 0. The van der Waals surface area contributed by atoms with Crippen molar-refractivity contribution < 1.29 is 37.8 Å². The van der Waals surface area contributed by atoms with Crippen LogP contribution in [0.5, 0.6) is 0 Å². The normalized spacial score (nSPS) is 12.4. The first-order chi connectivity index (χ1) is 14.4. The fraction of sp³-hybridized carbons (Fsp3) is 0.300. The van der Waals surface area contributed by atoms with E-state index in [0.717, 1.165) is 5.56 Å². The van der Waals surface area contributed by atoms with E-state index in [-0.39, 0.29) is 13.0 Å². The molecule has 1 aromatic carbocycles. The van der Waals surface area contributed by atoms with Gasteiger partial charge in [0.05, 0.1) is 12.7 Å². The Balaban J connectivity index is 2.05. The molecule has 0 saturated carbocycles. The minimum Gasteiger partial charge on any atom is -0.481 e. The van der Waals surface area contributed by atoms with Crippen LogP contribution in [0.1, 0.15) is 17.7 Å². The summed E-state index contributed by atoms with van der Waals surface area (Å²) in [5.41, 5.74) is 0.731. The molecule has 1 aromatic heterocycles. The molecule has 30 heavy (non-hydrogen) atoms. The third-order valence-electron chi connectivity index (χ3n) is 4.02. The van der Waals surface area contributed by atoms with Crippen LogP contribution >= 0.6 is 0 Å². The van der Waals surface area contributed by atoms with Crippen molar-refractivity contribution in [1.29, 1.82) is 0 Å². The molecule has 2 aromatic rings. The topological polar surface area (TPSA) is 135 Å². The van der Waals surface area contributed by atoms with Crippen LogP contribution in [0.15, 0.2) is 53.1 Å². The number of ether oxygens (including phenoxy) is 1. The number of carbonyl (C=O) groups is 4. The Morgan fingerprint density at radius 1 is 1.03 bits per heavy atom. The van der Waals surface area contributed by atoms with Gasteiger partial charge in [0.15, 0.2) is 5.78 Å². The predicted octanol–water partition coefficient (Wildman–Crippen LogP) is 1.62. The Labute approximate surface area is 171 Å². The van der Waals surface area contributed by atoms with Gasteiger partial charge in [-0.05, 0) is 17.7 Å². The van der Waals surface area contributed by atoms with Crippen molar-refractivity contribution in [3.8, 4) is 0 Å². The molecular formula is C20H21FN2O7. The lowest BCUT2D eigenvalue weighted by Gasteiger charge is -2.21. The average molecular weight is 420 g/mol. The highest BCUT2D eigenvalue weighted by molar-refractivity contribution is 5.94. The van der Waals surface area contributed by atoms with E-state index >= 15 is 0 Å².